The van der Waals surface area contributed by atoms with Gasteiger partial charge in [-0.15, -0.1) is 0 Å². The van der Waals surface area contributed by atoms with E-state index in [1.807, 2.05) is 6.07 Å². The van der Waals surface area contributed by atoms with Crippen LogP contribution >= 0.6 is 0 Å². The summed E-state index contributed by atoms with van der Waals surface area (Å²) in [5, 5.41) is 18.7. The van der Waals surface area contributed by atoms with Gasteiger partial charge in [0, 0.05) is 0 Å². The number of fused-ring (bicyclic) bond motifs is 1. The van der Waals surface area contributed by atoms with Crippen molar-refractivity contribution in [3.05, 3.63) is 67.7 Å². The molecule has 0 spiro atoms. The molecule has 22 heavy (non-hydrogen) atoms. The van der Waals surface area contributed by atoms with Crippen molar-refractivity contribution in [2.75, 3.05) is 0 Å². The largest absolute Gasteiger partial charge is 0.508 e. The number of hydrogen-bond donors (Lipinski definition) is 4. The summed E-state index contributed by atoms with van der Waals surface area (Å²) in [6.07, 6.45) is 0. The van der Waals surface area contributed by atoms with Gasteiger partial charge in [-0.25, -0.2) is 4.79 Å². The quantitative estimate of drug-likeness (QED) is 0.582. The summed E-state index contributed by atoms with van der Waals surface area (Å²) in [6.45, 7) is 0. The average Bonchev–Trinajstić information content (AvgIpc) is 2.46. The van der Waals surface area contributed by atoms with E-state index in [0.717, 1.165) is 0 Å². The Labute approximate surface area is 123 Å². The van der Waals surface area contributed by atoms with Gasteiger partial charge >= 0.3 is 5.69 Å². The van der Waals surface area contributed by atoms with Gasteiger partial charge < -0.3 is 15.6 Å². The molecule has 3 rings (SSSR count). The fourth-order valence-corrected chi connectivity index (χ4v) is 2.39. The Kier molecular flexibility index (Phi) is 2.96. The van der Waals surface area contributed by atoms with Crippen LogP contribution in [-0.4, -0.2) is 15.1 Å². The second-order valence-corrected chi connectivity index (χ2v) is 4.67. The van der Waals surface area contributed by atoms with Gasteiger partial charge in [-0.3, -0.25) is 14.8 Å². The maximum atomic E-state index is 12.1. The van der Waals surface area contributed by atoms with Gasteiger partial charge in [-0.05, 0) is 17.7 Å². The van der Waals surface area contributed by atoms with E-state index >= 15 is 0 Å². The smallest absolute Gasteiger partial charge is 0.328 e. The number of phenolic OH excluding ortho intramolecular Hbond substituents is 1. The zero-order valence-corrected chi connectivity index (χ0v) is 11.1. The number of hydrogen-bond acceptors (Lipinski definition) is 6. The number of phenols is 1. The van der Waals surface area contributed by atoms with Gasteiger partial charge in [0.2, 0.25) is 11.8 Å². The number of nitrogens with zero attached hydrogens (tertiary/aromatic N) is 1. The summed E-state index contributed by atoms with van der Waals surface area (Å²) in [6, 6.07) is 7.89. The molecule has 0 radical (unpaired) electrons. The minimum Gasteiger partial charge on any atom is -0.508 e. The Balaban J connectivity index is 2.32. The number of allylic oxidation sites excluding steroid dienone is 1. The number of ether oxygens (including phenoxy) is 1. The van der Waals surface area contributed by atoms with E-state index in [4.69, 9.17) is 10.5 Å². The Morgan fingerprint density at radius 1 is 1.23 bits per heavy atom. The SMILES string of the molecule is N#CC1=C(N)Oc2[nH]c(=O)[nH]c(=O)c2C1c1ccc(O)cc1. The molecule has 5 N–H and O–H groups in total. The molecule has 0 aliphatic carbocycles. The lowest BCUT2D eigenvalue weighted by Crippen LogP contribution is -2.33. The molecular formula is C14H10N4O4. The molecule has 1 aliphatic heterocycles. The molecule has 1 aromatic heterocycles. The number of benzene rings is 1. The van der Waals surface area contributed by atoms with Gasteiger partial charge in [0.25, 0.3) is 5.56 Å². The van der Waals surface area contributed by atoms with Crippen molar-refractivity contribution in [1.82, 2.24) is 9.97 Å². The summed E-state index contributed by atoms with van der Waals surface area (Å²) in [7, 11) is 0. The first-order valence-electron chi connectivity index (χ1n) is 6.24. The predicted molar refractivity (Wildman–Crippen MR) is 75.1 cm³/mol. The first kappa shape index (κ1) is 13.5. The van der Waals surface area contributed by atoms with Gasteiger partial charge in [-0.2, -0.15) is 5.26 Å². The fraction of sp³-hybridized carbons (Fsp3) is 0.0714. The van der Waals surface area contributed by atoms with Crippen LogP contribution < -0.4 is 21.7 Å². The molecule has 110 valence electrons. The predicted octanol–water partition coefficient (Wildman–Crippen LogP) is -0.0130. The van der Waals surface area contributed by atoms with Crippen LogP contribution in [0.1, 0.15) is 17.0 Å². The third-order valence-electron chi connectivity index (χ3n) is 3.35. The van der Waals surface area contributed by atoms with Gasteiger partial charge in [0.15, 0.2) is 0 Å². The molecule has 0 saturated carbocycles. The summed E-state index contributed by atoms with van der Waals surface area (Å²) < 4.78 is 5.18. The monoisotopic (exact) mass is 298 g/mol. The van der Waals surface area contributed by atoms with Crippen LogP contribution in [0.15, 0.2) is 45.3 Å². The highest BCUT2D eigenvalue weighted by molar-refractivity contribution is 5.52. The lowest BCUT2D eigenvalue weighted by Gasteiger charge is -2.24. The fourth-order valence-electron chi connectivity index (χ4n) is 2.39. The Morgan fingerprint density at radius 2 is 1.91 bits per heavy atom. The molecule has 0 fully saturated rings. The van der Waals surface area contributed by atoms with Crippen LogP contribution in [0, 0.1) is 11.3 Å². The third-order valence-corrected chi connectivity index (χ3v) is 3.35. The van der Waals surface area contributed by atoms with E-state index in [1.165, 1.54) is 12.1 Å². The van der Waals surface area contributed by atoms with E-state index in [-0.39, 0.29) is 28.6 Å². The number of nitrogens with one attached hydrogen (secondary N) is 2. The maximum absolute atomic E-state index is 12.1. The maximum Gasteiger partial charge on any atom is 0.328 e. The minimum absolute atomic E-state index is 0.0434. The zero-order chi connectivity index (χ0) is 15.9. The van der Waals surface area contributed by atoms with E-state index < -0.39 is 17.2 Å². The molecule has 1 aliphatic rings. The highest BCUT2D eigenvalue weighted by Gasteiger charge is 2.33. The molecule has 1 aromatic carbocycles. The first-order chi connectivity index (χ1) is 10.5. The molecule has 0 amide bonds. The van der Waals surface area contributed by atoms with Crippen LogP contribution in [0.3, 0.4) is 0 Å². The van der Waals surface area contributed by atoms with Crippen molar-refractivity contribution in [3.63, 3.8) is 0 Å². The van der Waals surface area contributed by atoms with Gasteiger partial charge in [0.1, 0.15) is 17.4 Å². The van der Waals surface area contributed by atoms with Gasteiger partial charge in [0.05, 0.1) is 11.5 Å². The van der Waals surface area contributed by atoms with Crippen LogP contribution in [-0.2, 0) is 0 Å². The lowest BCUT2D eigenvalue weighted by atomic mass is 9.85. The van der Waals surface area contributed by atoms with E-state index in [0.29, 0.717) is 5.56 Å². The zero-order valence-electron chi connectivity index (χ0n) is 11.1. The molecule has 0 bridgehead atoms. The highest BCUT2D eigenvalue weighted by atomic mass is 16.5. The molecule has 2 aromatic rings. The number of nitriles is 1. The highest BCUT2D eigenvalue weighted by Crippen LogP contribution is 2.38. The number of rotatable bonds is 1. The van der Waals surface area contributed by atoms with Crippen LogP contribution in [0.25, 0.3) is 0 Å². The summed E-state index contributed by atoms with van der Waals surface area (Å²) in [5.74, 6) is -1.03. The summed E-state index contributed by atoms with van der Waals surface area (Å²) in [4.78, 5) is 27.9. The van der Waals surface area contributed by atoms with E-state index in [1.54, 1.807) is 12.1 Å². The molecule has 1 unspecified atom stereocenters. The summed E-state index contributed by atoms with van der Waals surface area (Å²) >= 11 is 0. The standard InChI is InChI=1S/C14H10N4O4/c15-5-8-9(6-1-3-7(19)4-2-6)10-12(20)17-14(21)18-13(10)22-11(8)16/h1-4,9,19H,16H2,(H2,17,18,20,21). The van der Waals surface area contributed by atoms with E-state index in [2.05, 4.69) is 9.97 Å². The molecule has 0 saturated heterocycles. The first-order valence-corrected chi connectivity index (χ1v) is 6.24. The second-order valence-electron chi connectivity index (χ2n) is 4.67. The number of aromatic amines is 2. The molecule has 1 atom stereocenters. The van der Waals surface area contributed by atoms with Crippen molar-refractivity contribution in [2.45, 2.75) is 5.92 Å². The molecular weight excluding hydrogens is 288 g/mol. The Bertz CT molecular complexity index is 931. The number of H-pyrrole nitrogens is 2. The number of nitrogens with two attached hydrogens (primary N) is 1. The Hall–Kier alpha value is -3.47. The lowest BCUT2D eigenvalue weighted by molar-refractivity contribution is 0.373. The second kappa shape index (κ2) is 4.82. The van der Waals surface area contributed by atoms with Crippen LogP contribution in [0.2, 0.25) is 0 Å². The number of aromatic nitrogens is 2. The van der Waals surface area contributed by atoms with Crippen LogP contribution in [0.5, 0.6) is 11.6 Å². The average molecular weight is 298 g/mol. The van der Waals surface area contributed by atoms with E-state index in [9.17, 15) is 20.0 Å². The van der Waals surface area contributed by atoms with Crippen molar-refractivity contribution in [3.8, 4) is 17.7 Å². The molecule has 8 heteroatoms. The van der Waals surface area contributed by atoms with Crippen molar-refractivity contribution in [1.29, 1.82) is 5.26 Å². The Morgan fingerprint density at radius 3 is 2.55 bits per heavy atom. The van der Waals surface area contributed by atoms with Gasteiger partial charge in [-0.1, -0.05) is 12.1 Å². The molecule has 2 heterocycles. The molecule has 8 nitrogen and oxygen atoms in total. The third kappa shape index (κ3) is 2.01. The normalized spacial score (nSPS) is 16.6. The van der Waals surface area contributed by atoms with Crippen molar-refractivity contribution < 1.29 is 9.84 Å². The summed E-state index contributed by atoms with van der Waals surface area (Å²) in [5.41, 5.74) is 5.00. The minimum atomic E-state index is -0.796. The topological polar surface area (TPSA) is 145 Å². The number of aromatic hydroxyl groups is 1. The van der Waals surface area contributed by atoms with Crippen LogP contribution in [0.4, 0.5) is 0 Å². The van der Waals surface area contributed by atoms with Crippen molar-refractivity contribution in [2.24, 2.45) is 5.73 Å². The van der Waals surface area contributed by atoms with Crippen molar-refractivity contribution >= 4 is 0 Å².